The van der Waals surface area contributed by atoms with Gasteiger partial charge in [0.25, 0.3) is 0 Å². The molecule has 6 nitrogen and oxygen atoms in total. The van der Waals surface area contributed by atoms with Crippen molar-refractivity contribution in [2.24, 2.45) is 10.9 Å². The van der Waals surface area contributed by atoms with Crippen molar-refractivity contribution < 1.29 is 4.74 Å². The summed E-state index contributed by atoms with van der Waals surface area (Å²) in [4.78, 5) is 4.66. The van der Waals surface area contributed by atoms with Crippen LogP contribution in [0.4, 0.5) is 0 Å². The monoisotopic (exact) mass is 437 g/mol. The molecule has 2 N–H and O–H groups in total. The summed E-state index contributed by atoms with van der Waals surface area (Å²) in [5.41, 5.74) is 2.28. The average molecular weight is 437 g/mol. The van der Waals surface area contributed by atoms with Gasteiger partial charge in [-0.1, -0.05) is 6.92 Å². The normalized spacial score (nSPS) is 12.7. The summed E-state index contributed by atoms with van der Waals surface area (Å²) in [5, 5.41) is 11.1. The van der Waals surface area contributed by atoms with E-state index in [1.165, 1.54) is 5.69 Å². The van der Waals surface area contributed by atoms with Crippen LogP contribution in [0.5, 0.6) is 0 Å². The topological polar surface area (TPSA) is 63.5 Å². The van der Waals surface area contributed by atoms with Gasteiger partial charge in [-0.2, -0.15) is 5.10 Å². The zero-order chi connectivity index (χ0) is 16.4. The zero-order valence-corrected chi connectivity index (χ0v) is 17.4. The summed E-state index contributed by atoms with van der Waals surface area (Å²) in [6.07, 6.45) is 0.974. The fourth-order valence-corrected chi connectivity index (χ4v) is 2.22. The number of hydrogen-bond donors (Lipinski definition) is 2. The minimum atomic E-state index is 0. The van der Waals surface area contributed by atoms with Crippen LogP contribution in [0.1, 0.15) is 31.7 Å². The van der Waals surface area contributed by atoms with Gasteiger partial charge < -0.3 is 15.4 Å². The molecule has 134 valence electrons. The number of aliphatic imine (C=N–C) groups is 1. The summed E-state index contributed by atoms with van der Waals surface area (Å²) in [5.74, 6) is 1.31. The van der Waals surface area contributed by atoms with E-state index in [-0.39, 0.29) is 24.0 Å². The Morgan fingerprint density at radius 3 is 2.70 bits per heavy atom. The second-order valence-electron chi connectivity index (χ2n) is 5.71. The van der Waals surface area contributed by atoms with Crippen LogP contribution in [0.15, 0.2) is 11.1 Å². The standard InChI is InChI=1S/C16H31N5O.HI/c1-6-17-16(18-8-7-9-22-5)19-11-13(2)12-21-15(4)10-14(3)20-21;/h10,13H,6-9,11-12H2,1-5H3,(H2,17,18,19);1H. The first-order valence-electron chi connectivity index (χ1n) is 8.09. The number of halogens is 1. The van der Waals surface area contributed by atoms with E-state index in [4.69, 9.17) is 4.74 Å². The molecular weight excluding hydrogens is 405 g/mol. The third kappa shape index (κ3) is 9.14. The highest BCUT2D eigenvalue weighted by Gasteiger charge is 2.07. The fraction of sp³-hybridized carbons (Fsp3) is 0.750. The molecule has 0 saturated heterocycles. The highest BCUT2D eigenvalue weighted by Crippen LogP contribution is 2.06. The third-order valence-electron chi connectivity index (χ3n) is 3.31. The number of nitrogens with one attached hydrogen (secondary N) is 2. The van der Waals surface area contributed by atoms with Gasteiger partial charge in [0.1, 0.15) is 0 Å². The van der Waals surface area contributed by atoms with E-state index < -0.39 is 0 Å². The largest absolute Gasteiger partial charge is 0.385 e. The molecule has 0 saturated carbocycles. The van der Waals surface area contributed by atoms with E-state index >= 15 is 0 Å². The van der Waals surface area contributed by atoms with E-state index in [9.17, 15) is 0 Å². The first kappa shape index (κ1) is 22.2. The van der Waals surface area contributed by atoms with Gasteiger partial charge >= 0.3 is 0 Å². The van der Waals surface area contributed by atoms with Crippen LogP contribution < -0.4 is 10.6 Å². The molecule has 23 heavy (non-hydrogen) atoms. The van der Waals surface area contributed by atoms with Crippen molar-refractivity contribution in [2.45, 2.75) is 40.7 Å². The molecule has 7 heteroatoms. The Morgan fingerprint density at radius 1 is 1.39 bits per heavy atom. The van der Waals surface area contributed by atoms with Crippen molar-refractivity contribution in [3.8, 4) is 0 Å². The highest BCUT2D eigenvalue weighted by molar-refractivity contribution is 14.0. The van der Waals surface area contributed by atoms with E-state index in [0.29, 0.717) is 5.92 Å². The van der Waals surface area contributed by atoms with Gasteiger partial charge in [0.15, 0.2) is 5.96 Å². The smallest absolute Gasteiger partial charge is 0.191 e. The Labute approximate surface area is 157 Å². The van der Waals surface area contributed by atoms with Crippen molar-refractivity contribution in [2.75, 3.05) is 33.4 Å². The predicted octanol–water partition coefficient (Wildman–Crippen LogP) is 2.35. The maximum atomic E-state index is 5.05. The fourth-order valence-electron chi connectivity index (χ4n) is 2.22. The Morgan fingerprint density at radius 2 is 2.13 bits per heavy atom. The number of rotatable bonds is 9. The van der Waals surface area contributed by atoms with Crippen LogP contribution in [0, 0.1) is 19.8 Å². The molecule has 0 aromatic carbocycles. The van der Waals surface area contributed by atoms with Gasteiger partial charge in [-0.05, 0) is 39.2 Å². The highest BCUT2D eigenvalue weighted by atomic mass is 127. The summed E-state index contributed by atoms with van der Waals surface area (Å²) in [7, 11) is 1.72. The van der Waals surface area contributed by atoms with Crippen LogP contribution in [-0.4, -0.2) is 49.1 Å². The first-order valence-corrected chi connectivity index (χ1v) is 8.09. The molecule has 0 spiro atoms. The van der Waals surface area contributed by atoms with Crippen molar-refractivity contribution in [1.29, 1.82) is 0 Å². The average Bonchev–Trinajstić information content (AvgIpc) is 2.78. The minimum absolute atomic E-state index is 0. The molecule has 1 aromatic rings. The van der Waals surface area contributed by atoms with Gasteiger partial charge in [0, 0.05) is 45.6 Å². The summed E-state index contributed by atoms with van der Waals surface area (Å²) < 4.78 is 7.12. The number of ether oxygens (including phenoxy) is 1. The van der Waals surface area contributed by atoms with Gasteiger partial charge in [-0.3, -0.25) is 9.67 Å². The van der Waals surface area contributed by atoms with Crippen molar-refractivity contribution in [3.63, 3.8) is 0 Å². The third-order valence-corrected chi connectivity index (χ3v) is 3.31. The second kappa shape index (κ2) is 12.6. The number of methoxy groups -OCH3 is 1. The minimum Gasteiger partial charge on any atom is -0.385 e. The SMILES string of the molecule is CCNC(=NCC(C)Cn1nc(C)cc1C)NCCCOC.I. The van der Waals surface area contributed by atoms with E-state index in [1.54, 1.807) is 7.11 Å². The molecule has 1 atom stereocenters. The Kier molecular flexibility index (Phi) is 12.1. The van der Waals surface area contributed by atoms with Gasteiger partial charge in [0.2, 0.25) is 0 Å². The lowest BCUT2D eigenvalue weighted by molar-refractivity contribution is 0.195. The second-order valence-corrected chi connectivity index (χ2v) is 5.71. The Bertz CT molecular complexity index is 461. The van der Waals surface area contributed by atoms with E-state index in [0.717, 1.165) is 50.9 Å². The molecular formula is C16H32IN5O. The number of aryl methyl sites for hydroxylation is 2. The van der Waals surface area contributed by atoms with Crippen molar-refractivity contribution >= 4 is 29.9 Å². The molecule has 1 unspecified atom stereocenters. The van der Waals surface area contributed by atoms with Gasteiger partial charge in [-0.25, -0.2) is 0 Å². The molecule has 1 aromatic heterocycles. The van der Waals surface area contributed by atoms with Crippen LogP contribution in [-0.2, 0) is 11.3 Å². The molecule has 0 aliphatic carbocycles. The molecule has 0 aliphatic rings. The quantitative estimate of drug-likeness (QED) is 0.270. The van der Waals surface area contributed by atoms with Crippen LogP contribution in [0.2, 0.25) is 0 Å². The lowest BCUT2D eigenvalue weighted by Gasteiger charge is -2.14. The number of guanidine groups is 1. The Balaban J connectivity index is 0.00000484. The lowest BCUT2D eigenvalue weighted by Crippen LogP contribution is -2.38. The summed E-state index contributed by atoms with van der Waals surface area (Å²) in [6, 6.07) is 2.11. The molecule has 0 aliphatic heterocycles. The van der Waals surface area contributed by atoms with E-state index in [2.05, 4.69) is 52.2 Å². The maximum Gasteiger partial charge on any atom is 0.191 e. The molecule has 1 rings (SSSR count). The van der Waals surface area contributed by atoms with Gasteiger partial charge in [-0.15, -0.1) is 24.0 Å². The van der Waals surface area contributed by atoms with Crippen LogP contribution >= 0.6 is 24.0 Å². The molecule has 0 bridgehead atoms. The molecule has 0 fully saturated rings. The van der Waals surface area contributed by atoms with E-state index in [1.807, 2.05) is 6.92 Å². The lowest BCUT2D eigenvalue weighted by atomic mass is 10.2. The van der Waals surface area contributed by atoms with Crippen LogP contribution in [0.25, 0.3) is 0 Å². The number of hydrogen-bond acceptors (Lipinski definition) is 3. The molecule has 1 heterocycles. The Hall–Kier alpha value is -0.830. The summed E-state index contributed by atoms with van der Waals surface area (Å²) >= 11 is 0. The van der Waals surface area contributed by atoms with Crippen molar-refractivity contribution in [3.05, 3.63) is 17.5 Å². The number of nitrogens with zero attached hydrogens (tertiary/aromatic N) is 3. The van der Waals surface area contributed by atoms with Crippen LogP contribution in [0.3, 0.4) is 0 Å². The maximum absolute atomic E-state index is 5.05. The predicted molar refractivity (Wildman–Crippen MR) is 107 cm³/mol. The van der Waals surface area contributed by atoms with Gasteiger partial charge in [0.05, 0.1) is 5.69 Å². The molecule has 0 radical (unpaired) electrons. The zero-order valence-electron chi connectivity index (χ0n) is 15.1. The molecule has 0 amide bonds. The first-order chi connectivity index (χ1) is 10.6. The van der Waals surface area contributed by atoms with Crippen molar-refractivity contribution in [1.82, 2.24) is 20.4 Å². The number of aromatic nitrogens is 2. The summed E-state index contributed by atoms with van der Waals surface area (Å²) in [6.45, 7) is 12.6.